The minimum atomic E-state index is -3.56. The number of amides is 1. The van der Waals surface area contributed by atoms with Crippen LogP contribution in [0.25, 0.3) is 0 Å². The second-order valence-electron chi connectivity index (χ2n) is 4.94. The Morgan fingerprint density at radius 2 is 2.11 bits per heavy atom. The summed E-state index contributed by atoms with van der Waals surface area (Å²) in [4.78, 5) is 13.5. The normalized spacial score (nSPS) is 20.0. The average molecular weight is 283 g/mol. The van der Waals surface area contributed by atoms with E-state index in [1.54, 1.807) is 11.0 Å². The highest BCUT2D eigenvalue weighted by molar-refractivity contribution is 7.89. The van der Waals surface area contributed by atoms with E-state index >= 15 is 0 Å². The van der Waals surface area contributed by atoms with Crippen LogP contribution in [0, 0.1) is 12.8 Å². The van der Waals surface area contributed by atoms with E-state index in [0.717, 1.165) is 5.56 Å². The third-order valence-electron chi connectivity index (χ3n) is 3.25. The Morgan fingerprint density at radius 3 is 2.68 bits per heavy atom. The van der Waals surface area contributed by atoms with Gasteiger partial charge < -0.3 is 10.6 Å². The summed E-state index contributed by atoms with van der Waals surface area (Å²) in [7, 11) is -3.56. The van der Waals surface area contributed by atoms with Crippen molar-refractivity contribution < 1.29 is 13.2 Å². The second kappa shape index (κ2) is 4.82. The minimum Gasteiger partial charge on any atom is -0.398 e. The molecule has 1 fully saturated rings. The van der Waals surface area contributed by atoms with E-state index in [2.05, 4.69) is 0 Å². The first kappa shape index (κ1) is 13.8. The van der Waals surface area contributed by atoms with Crippen LogP contribution < -0.4 is 15.8 Å². The largest absolute Gasteiger partial charge is 0.398 e. The number of hydrogen-bond acceptors (Lipinski definition) is 4. The number of nitrogen functional groups attached to an aromatic ring is 1. The van der Waals surface area contributed by atoms with Gasteiger partial charge >= 0.3 is 0 Å². The molecular weight excluding hydrogens is 266 g/mol. The number of nitrogens with two attached hydrogens (primary N) is 2. The van der Waals surface area contributed by atoms with E-state index in [1.165, 1.54) is 0 Å². The first-order valence-corrected chi connectivity index (χ1v) is 7.65. The molecule has 1 saturated heterocycles. The van der Waals surface area contributed by atoms with E-state index in [-0.39, 0.29) is 24.0 Å². The third kappa shape index (κ3) is 3.24. The maximum atomic E-state index is 11.9. The van der Waals surface area contributed by atoms with Gasteiger partial charge in [0.15, 0.2) is 0 Å². The van der Waals surface area contributed by atoms with Gasteiger partial charge in [-0.2, -0.15) is 0 Å². The zero-order valence-electron chi connectivity index (χ0n) is 10.7. The van der Waals surface area contributed by atoms with Crippen molar-refractivity contribution in [2.75, 3.05) is 22.9 Å². The molecule has 0 radical (unpaired) electrons. The fourth-order valence-electron chi connectivity index (χ4n) is 2.27. The van der Waals surface area contributed by atoms with E-state index in [4.69, 9.17) is 10.9 Å². The molecular formula is C12H17N3O3S. The number of primary sulfonamides is 1. The molecule has 104 valence electrons. The minimum absolute atomic E-state index is 0.100. The van der Waals surface area contributed by atoms with Crippen LogP contribution in [-0.4, -0.2) is 26.6 Å². The molecule has 4 N–H and O–H groups in total. The summed E-state index contributed by atoms with van der Waals surface area (Å²) in [5, 5.41) is 5.01. The van der Waals surface area contributed by atoms with Crippen molar-refractivity contribution in [1.82, 2.24) is 0 Å². The van der Waals surface area contributed by atoms with Crippen LogP contribution in [0.4, 0.5) is 11.4 Å². The number of hydrogen-bond donors (Lipinski definition) is 2. The van der Waals surface area contributed by atoms with Gasteiger partial charge in [-0.15, -0.1) is 0 Å². The van der Waals surface area contributed by atoms with Crippen LogP contribution in [0.15, 0.2) is 18.2 Å². The highest BCUT2D eigenvalue weighted by Gasteiger charge is 2.32. The van der Waals surface area contributed by atoms with Crippen molar-refractivity contribution in [2.24, 2.45) is 11.1 Å². The molecule has 19 heavy (non-hydrogen) atoms. The molecule has 1 aromatic rings. The Balaban J connectivity index is 2.18. The Labute approximate surface area is 112 Å². The molecule has 1 unspecified atom stereocenters. The predicted octanol–water partition coefficient (Wildman–Crippen LogP) is 0.219. The number of benzene rings is 1. The molecule has 0 spiro atoms. The lowest BCUT2D eigenvalue weighted by atomic mass is 10.1. The fourth-order valence-corrected chi connectivity index (χ4v) is 3.15. The SMILES string of the molecule is Cc1ccc(N2CC(CS(N)(=O)=O)CC2=O)cc1N. The second-order valence-corrected chi connectivity index (χ2v) is 6.60. The van der Waals surface area contributed by atoms with Crippen LogP contribution in [0.5, 0.6) is 0 Å². The summed E-state index contributed by atoms with van der Waals surface area (Å²) in [6, 6.07) is 5.38. The van der Waals surface area contributed by atoms with Gasteiger partial charge in [0.2, 0.25) is 15.9 Å². The number of sulfonamides is 1. The number of carbonyl (C=O) groups excluding carboxylic acids is 1. The molecule has 0 aromatic heterocycles. The van der Waals surface area contributed by atoms with Crippen molar-refractivity contribution in [2.45, 2.75) is 13.3 Å². The van der Waals surface area contributed by atoms with E-state index in [9.17, 15) is 13.2 Å². The van der Waals surface area contributed by atoms with Crippen LogP contribution in [0.3, 0.4) is 0 Å². The van der Waals surface area contributed by atoms with Crippen molar-refractivity contribution in [3.05, 3.63) is 23.8 Å². The van der Waals surface area contributed by atoms with E-state index in [0.29, 0.717) is 17.9 Å². The topological polar surface area (TPSA) is 106 Å². The Hall–Kier alpha value is -1.60. The lowest BCUT2D eigenvalue weighted by molar-refractivity contribution is -0.117. The molecule has 1 heterocycles. The zero-order chi connectivity index (χ0) is 14.2. The Kier molecular flexibility index (Phi) is 3.51. The highest BCUT2D eigenvalue weighted by atomic mass is 32.2. The molecule has 7 heteroatoms. The average Bonchev–Trinajstić information content (AvgIpc) is 2.61. The maximum Gasteiger partial charge on any atom is 0.227 e. The van der Waals surface area contributed by atoms with Crippen molar-refractivity contribution in [3.8, 4) is 0 Å². The molecule has 0 aliphatic carbocycles. The molecule has 6 nitrogen and oxygen atoms in total. The number of anilines is 2. The van der Waals surface area contributed by atoms with Crippen molar-refractivity contribution in [3.63, 3.8) is 0 Å². The summed E-state index contributed by atoms with van der Waals surface area (Å²) in [5.74, 6) is -0.529. The summed E-state index contributed by atoms with van der Waals surface area (Å²) >= 11 is 0. The van der Waals surface area contributed by atoms with Gasteiger partial charge in [-0.3, -0.25) is 4.79 Å². The summed E-state index contributed by atoms with van der Waals surface area (Å²) in [5.41, 5.74) is 8.07. The fraction of sp³-hybridized carbons (Fsp3) is 0.417. The van der Waals surface area contributed by atoms with Gasteiger partial charge in [-0.25, -0.2) is 13.6 Å². The first-order valence-electron chi connectivity index (χ1n) is 5.93. The quantitative estimate of drug-likeness (QED) is 0.774. The summed E-state index contributed by atoms with van der Waals surface area (Å²) in [6.07, 6.45) is 0.199. The monoisotopic (exact) mass is 283 g/mol. The third-order valence-corrected chi connectivity index (χ3v) is 4.18. The Morgan fingerprint density at radius 1 is 1.42 bits per heavy atom. The Bertz CT molecular complexity index is 613. The zero-order valence-corrected chi connectivity index (χ0v) is 11.5. The lowest BCUT2D eigenvalue weighted by Gasteiger charge is -2.17. The molecule has 1 aromatic carbocycles. The van der Waals surface area contributed by atoms with Gasteiger partial charge in [-0.1, -0.05) is 6.07 Å². The number of nitrogens with zero attached hydrogens (tertiary/aromatic N) is 1. The maximum absolute atomic E-state index is 11.9. The summed E-state index contributed by atoms with van der Waals surface area (Å²) in [6.45, 7) is 2.24. The van der Waals surface area contributed by atoms with Crippen LogP contribution in [-0.2, 0) is 14.8 Å². The molecule has 1 aliphatic heterocycles. The molecule has 1 atom stereocenters. The molecule has 0 bridgehead atoms. The number of rotatable bonds is 3. The van der Waals surface area contributed by atoms with Crippen molar-refractivity contribution >= 4 is 27.3 Å². The van der Waals surface area contributed by atoms with Gasteiger partial charge in [0, 0.05) is 30.3 Å². The molecule has 1 aliphatic rings. The van der Waals surface area contributed by atoms with Gasteiger partial charge in [0.25, 0.3) is 0 Å². The van der Waals surface area contributed by atoms with Gasteiger partial charge in [0.05, 0.1) is 5.75 Å². The number of aryl methyl sites for hydroxylation is 1. The highest BCUT2D eigenvalue weighted by Crippen LogP contribution is 2.28. The predicted molar refractivity (Wildman–Crippen MR) is 74.0 cm³/mol. The van der Waals surface area contributed by atoms with Crippen LogP contribution >= 0.6 is 0 Å². The van der Waals surface area contributed by atoms with Crippen LogP contribution in [0.1, 0.15) is 12.0 Å². The van der Waals surface area contributed by atoms with Crippen molar-refractivity contribution in [1.29, 1.82) is 0 Å². The first-order chi connectivity index (χ1) is 8.76. The number of carbonyl (C=O) groups is 1. The summed E-state index contributed by atoms with van der Waals surface area (Å²) < 4.78 is 22.1. The molecule has 0 saturated carbocycles. The molecule has 1 amide bonds. The molecule has 2 rings (SSSR count). The van der Waals surface area contributed by atoms with Gasteiger partial charge in [-0.05, 0) is 24.6 Å². The van der Waals surface area contributed by atoms with E-state index in [1.807, 2.05) is 19.1 Å². The van der Waals surface area contributed by atoms with Crippen LogP contribution in [0.2, 0.25) is 0 Å². The smallest absolute Gasteiger partial charge is 0.227 e. The van der Waals surface area contributed by atoms with Gasteiger partial charge in [0.1, 0.15) is 0 Å². The lowest BCUT2D eigenvalue weighted by Crippen LogP contribution is -2.27. The standard InChI is InChI=1S/C12H17N3O3S/c1-8-2-3-10(5-11(8)13)15-6-9(4-12(15)16)7-19(14,17)18/h2-3,5,9H,4,6-7,13H2,1H3,(H2,14,17,18). The van der Waals surface area contributed by atoms with E-state index < -0.39 is 10.0 Å².